The van der Waals surface area contributed by atoms with Crippen LogP contribution in [-0.4, -0.2) is 42.1 Å². The van der Waals surface area contributed by atoms with Crippen LogP contribution in [0.15, 0.2) is 28.7 Å². The number of ether oxygens (including phenoxy) is 1. The molecule has 1 aromatic rings. The first kappa shape index (κ1) is 18.2. The van der Waals surface area contributed by atoms with Crippen molar-refractivity contribution in [3.8, 4) is 0 Å². The Labute approximate surface area is 157 Å². The molecule has 1 N–H and O–H groups in total. The summed E-state index contributed by atoms with van der Waals surface area (Å²) in [6.07, 6.45) is 1.32. The third kappa shape index (κ3) is 3.84. The molecule has 0 aliphatic carbocycles. The molecule has 2 heterocycles. The second-order valence-electron chi connectivity index (χ2n) is 8.04. The Morgan fingerprint density at radius 1 is 1.32 bits per heavy atom. The molecule has 2 amide bonds. The Morgan fingerprint density at radius 3 is 2.60 bits per heavy atom. The number of piperidine rings is 1. The maximum Gasteiger partial charge on any atom is 0.410 e. The molecule has 1 aromatic carbocycles. The van der Waals surface area contributed by atoms with E-state index in [1.54, 1.807) is 4.90 Å². The van der Waals surface area contributed by atoms with Gasteiger partial charge in [0.25, 0.3) is 0 Å². The largest absolute Gasteiger partial charge is 0.444 e. The maximum atomic E-state index is 12.5. The highest BCUT2D eigenvalue weighted by molar-refractivity contribution is 9.10. The number of benzene rings is 1. The van der Waals surface area contributed by atoms with Crippen molar-refractivity contribution < 1.29 is 14.3 Å². The number of rotatable bonds is 1. The van der Waals surface area contributed by atoms with Crippen LogP contribution in [0.25, 0.3) is 0 Å². The number of nitrogens with zero attached hydrogens (tertiary/aromatic N) is 1. The minimum absolute atomic E-state index is 0.0869. The molecular weight excluding hydrogens is 384 g/mol. The van der Waals surface area contributed by atoms with Crippen LogP contribution in [0.5, 0.6) is 0 Å². The molecule has 2 fully saturated rings. The summed E-state index contributed by atoms with van der Waals surface area (Å²) in [6, 6.07) is 7.97. The molecule has 2 aliphatic heterocycles. The van der Waals surface area contributed by atoms with Crippen molar-refractivity contribution in [2.45, 2.75) is 45.1 Å². The lowest BCUT2D eigenvalue weighted by Crippen LogP contribution is -2.47. The van der Waals surface area contributed by atoms with Crippen molar-refractivity contribution in [2.75, 3.05) is 19.6 Å². The number of halogens is 1. The lowest BCUT2D eigenvalue weighted by Gasteiger charge is -2.41. The summed E-state index contributed by atoms with van der Waals surface area (Å²) in [5.74, 6) is -0.0744. The van der Waals surface area contributed by atoms with Crippen LogP contribution >= 0.6 is 15.9 Å². The molecule has 1 unspecified atom stereocenters. The quantitative estimate of drug-likeness (QED) is 0.770. The minimum atomic E-state index is -0.490. The minimum Gasteiger partial charge on any atom is -0.444 e. The highest BCUT2D eigenvalue weighted by atomic mass is 79.9. The summed E-state index contributed by atoms with van der Waals surface area (Å²) in [7, 11) is 0. The molecule has 0 bridgehead atoms. The number of hydrogen-bond acceptors (Lipinski definition) is 3. The third-order valence-electron chi connectivity index (χ3n) is 5.08. The first-order valence-electron chi connectivity index (χ1n) is 8.71. The van der Waals surface area contributed by atoms with Crippen molar-refractivity contribution in [2.24, 2.45) is 5.41 Å². The second kappa shape index (κ2) is 6.63. The van der Waals surface area contributed by atoms with E-state index in [4.69, 9.17) is 4.74 Å². The normalized spacial score (nSPS) is 22.8. The van der Waals surface area contributed by atoms with E-state index in [0.717, 1.165) is 22.9 Å². The summed E-state index contributed by atoms with van der Waals surface area (Å²) in [4.78, 5) is 26.6. The Kier molecular flexibility index (Phi) is 4.84. The molecular formula is C19H25BrN2O3. The third-order valence-corrected chi connectivity index (χ3v) is 5.58. The molecule has 2 aliphatic rings. The zero-order valence-electron chi connectivity index (χ0n) is 15.0. The van der Waals surface area contributed by atoms with Gasteiger partial charge >= 0.3 is 6.09 Å². The maximum absolute atomic E-state index is 12.5. The Hall–Kier alpha value is -1.56. The van der Waals surface area contributed by atoms with E-state index in [1.165, 1.54) is 0 Å². The fourth-order valence-electron chi connectivity index (χ4n) is 3.86. The highest BCUT2D eigenvalue weighted by Crippen LogP contribution is 2.47. The number of hydrogen-bond donors (Lipinski definition) is 1. The van der Waals surface area contributed by atoms with Crippen molar-refractivity contribution in [3.63, 3.8) is 0 Å². The van der Waals surface area contributed by atoms with Gasteiger partial charge in [-0.25, -0.2) is 4.79 Å². The van der Waals surface area contributed by atoms with Crippen LogP contribution in [-0.2, 0) is 9.53 Å². The molecule has 6 heteroatoms. The summed E-state index contributed by atoms with van der Waals surface area (Å²) < 4.78 is 6.45. The van der Waals surface area contributed by atoms with Gasteiger partial charge in [-0.1, -0.05) is 28.1 Å². The van der Waals surface area contributed by atoms with Gasteiger partial charge in [-0.05, 0) is 51.3 Å². The fraction of sp³-hybridized carbons (Fsp3) is 0.579. The van der Waals surface area contributed by atoms with Gasteiger partial charge in [-0.3, -0.25) is 4.79 Å². The number of amides is 2. The predicted molar refractivity (Wildman–Crippen MR) is 99.4 cm³/mol. The molecule has 25 heavy (non-hydrogen) atoms. The van der Waals surface area contributed by atoms with Crippen LogP contribution in [0.3, 0.4) is 0 Å². The summed E-state index contributed by atoms with van der Waals surface area (Å²) >= 11 is 3.50. The van der Waals surface area contributed by atoms with E-state index in [0.29, 0.717) is 19.6 Å². The Morgan fingerprint density at radius 2 is 2.00 bits per heavy atom. The molecule has 0 radical (unpaired) electrons. The topological polar surface area (TPSA) is 58.6 Å². The van der Waals surface area contributed by atoms with Gasteiger partial charge in [0.15, 0.2) is 0 Å². The van der Waals surface area contributed by atoms with Gasteiger partial charge in [-0.15, -0.1) is 0 Å². The smallest absolute Gasteiger partial charge is 0.410 e. The first-order valence-corrected chi connectivity index (χ1v) is 9.51. The van der Waals surface area contributed by atoms with Crippen LogP contribution in [0.2, 0.25) is 0 Å². The average Bonchev–Trinajstić information content (AvgIpc) is 2.82. The zero-order chi connectivity index (χ0) is 18.2. The van der Waals surface area contributed by atoms with Crippen molar-refractivity contribution in [1.29, 1.82) is 0 Å². The van der Waals surface area contributed by atoms with Gasteiger partial charge in [0, 0.05) is 29.5 Å². The van der Waals surface area contributed by atoms with Crippen LogP contribution in [0.1, 0.15) is 45.1 Å². The van der Waals surface area contributed by atoms with E-state index < -0.39 is 5.60 Å². The van der Waals surface area contributed by atoms with Crippen LogP contribution in [0, 0.1) is 5.41 Å². The van der Waals surface area contributed by atoms with Gasteiger partial charge in [0.2, 0.25) is 5.91 Å². The SMILES string of the molecule is CC(C)(C)OC(=O)N1CCC2(CC1)CNC(=O)C2c1cccc(Br)c1. The second-order valence-corrected chi connectivity index (χ2v) is 8.95. The van der Waals surface area contributed by atoms with Crippen LogP contribution in [0.4, 0.5) is 4.79 Å². The van der Waals surface area contributed by atoms with Gasteiger partial charge in [0.05, 0.1) is 5.92 Å². The molecule has 0 aromatic heterocycles. The molecule has 1 spiro atoms. The van der Waals surface area contributed by atoms with Crippen molar-refractivity contribution in [1.82, 2.24) is 10.2 Å². The Balaban J connectivity index is 1.75. The number of nitrogens with one attached hydrogen (secondary N) is 1. The number of likely N-dealkylation sites (tertiary alicyclic amines) is 1. The van der Waals surface area contributed by atoms with Crippen LogP contribution < -0.4 is 5.32 Å². The van der Waals surface area contributed by atoms with E-state index >= 15 is 0 Å². The zero-order valence-corrected chi connectivity index (χ0v) is 16.6. The molecule has 136 valence electrons. The molecule has 2 saturated heterocycles. The highest BCUT2D eigenvalue weighted by Gasteiger charge is 2.50. The van der Waals surface area contributed by atoms with E-state index in [9.17, 15) is 9.59 Å². The molecule has 0 saturated carbocycles. The van der Waals surface area contributed by atoms with Crippen molar-refractivity contribution >= 4 is 27.9 Å². The summed E-state index contributed by atoms with van der Waals surface area (Å²) in [5, 5.41) is 3.04. The Bertz CT molecular complexity index is 675. The first-order chi connectivity index (χ1) is 11.7. The van der Waals surface area contributed by atoms with E-state index in [1.807, 2.05) is 45.0 Å². The van der Waals surface area contributed by atoms with Gasteiger partial charge in [0.1, 0.15) is 5.60 Å². The molecule has 1 atom stereocenters. The number of carbonyl (C=O) groups is 2. The van der Waals surface area contributed by atoms with Gasteiger partial charge < -0.3 is 15.0 Å². The lowest BCUT2D eigenvalue weighted by molar-refractivity contribution is -0.121. The van der Waals surface area contributed by atoms with E-state index in [-0.39, 0.29) is 23.3 Å². The standard InChI is InChI=1S/C19H25BrN2O3/c1-18(2,3)25-17(24)22-9-7-19(8-10-22)12-21-16(23)15(19)13-5-4-6-14(20)11-13/h4-6,11,15H,7-10,12H2,1-3H3,(H,21,23). The summed E-state index contributed by atoms with van der Waals surface area (Å²) in [6.45, 7) is 7.53. The molecule has 5 nitrogen and oxygen atoms in total. The average molecular weight is 409 g/mol. The fourth-order valence-corrected chi connectivity index (χ4v) is 4.28. The van der Waals surface area contributed by atoms with Gasteiger partial charge in [-0.2, -0.15) is 0 Å². The predicted octanol–water partition coefficient (Wildman–Crippen LogP) is 3.68. The van der Waals surface area contributed by atoms with E-state index in [2.05, 4.69) is 21.2 Å². The lowest BCUT2D eigenvalue weighted by atomic mass is 9.68. The monoisotopic (exact) mass is 408 g/mol. The summed E-state index contributed by atoms with van der Waals surface area (Å²) in [5.41, 5.74) is 0.418. The van der Waals surface area contributed by atoms with Crippen molar-refractivity contribution in [3.05, 3.63) is 34.3 Å². The number of carbonyl (C=O) groups excluding carboxylic acids is 2. The molecule has 3 rings (SSSR count).